The van der Waals surface area contributed by atoms with Crippen molar-refractivity contribution in [2.75, 3.05) is 26.7 Å². The Morgan fingerprint density at radius 1 is 1.21 bits per heavy atom. The fourth-order valence-corrected chi connectivity index (χ4v) is 5.96. The normalized spacial score (nSPS) is 18.6. The summed E-state index contributed by atoms with van der Waals surface area (Å²) in [5.74, 6) is 0.313. The summed E-state index contributed by atoms with van der Waals surface area (Å²) in [5.41, 5.74) is 4.18. The number of nitrogens with one attached hydrogen (secondary N) is 1. The Morgan fingerprint density at radius 2 is 2.02 bits per heavy atom. The molecule has 0 saturated carbocycles. The summed E-state index contributed by atoms with van der Waals surface area (Å²) < 4.78 is 27.3. The molecule has 10 nitrogen and oxygen atoms in total. The highest BCUT2D eigenvalue weighted by Crippen LogP contribution is 2.49. The fourth-order valence-electron chi connectivity index (χ4n) is 5.80. The molecular formula is C31H33ClFN7O3. The molecule has 4 aromatic rings. The molecule has 2 aromatic carbocycles. The van der Waals surface area contributed by atoms with Gasteiger partial charge in [-0.05, 0) is 79.4 Å². The number of halogens is 2. The molecule has 0 aliphatic carbocycles. The minimum absolute atomic E-state index is 0.0197. The Labute approximate surface area is 254 Å². The van der Waals surface area contributed by atoms with E-state index in [1.165, 1.54) is 6.07 Å². The van der Waals surface area contributed by atoms with E-state index in [0.29, 0.717) is 47.4 Å². The largest absolute Gasteiger partial charge is 0.444 e. The fraction of sp³-hybridized carbons (Fsp3) is 0.387. The lowest BCUT2D eigenvalue weighted by atomic mass is 9.88. The van der Waals surface area contributed by atoms with Crippen LogP contribution < -0.4 is 9.47 Å². The number of carbonyl (C=O) groups is 1. The number of likely N-dealkylation sites (tertiary alicyclic amines) is 1. The van der Waals surface area contributed by atoms with Crippen LogP contribution in [0.2, 0.25) is 5.02 Å². The Bertz CT molecular complexity index is 1630. The van der Waals surface area contributed by atoms with Gasteiger partial charge in [-0.3, -0.25) is 14.7 Å². The number of para-hydroxylation sites is 1. The zero-order valence-electron chi connectivity index (χ0n) is 24.3. The maximum absolute atomic E-state index is 14.8. The number of likely N-dealkylation sites (N-methyl/N-ethyl adjacent to an activating group) is 1. The third-order valence-corrected chi connectivity index (χ3v) is 8.58. The number of piperidine rings is 1. The number of nitrogens with zero attached hydrogens (tertiary/aromatic N) is 6. The van der Waals surface area contributed by atoms with Gasteiger partial charge in [0.05, 0.1) is 11.3 Å². The number of rotatable bonds is 8. The van der Waals surface area contributed by atoms with E-state index in [-0.39, 0.29) is 11.8 Å². The van der Waals surface area contributed by atoms with Crippen molar-refractivity contribution in [1.82, 2.24) is 35.4 Å². The Hall–Kier alpha value is -4.09. The van der Waals surface area contributed by atoms with Crippen molar-refractivity contribution in [1.29, 1.82) is 0 Å². The summed E-state index contributed by atoms with van der Waals surface area (Å²) in [6.07, 6.45) is 4.29. The third-order valence-electron chi connectivity index (χ3n) is 8.35. The number of hydrogen-bond acceptors (Lipinski definition) is 8. The van der Waals surface area contributed by atoms with E-state index < -0.39 is 11.6 Å². The first-order valence-electron chi connectivity index (χ1n) is 14.3. The minimum atomic E-state index is -1.28. The molecule has 2 aliphatic rings. The first kappa shape index (κ1) is 29.0. The number of benzene rings is 2. The van der Waals surface area contributed by atoms with Crippen LogP contribution in [-0.2, 0) is 23.5 Å². The van der Waals surface area contributed by atoms with Crippen molar-refractivity contribution in [2.45, 2.75) is 51.4 Å². The number of ether oxygens (including phenoxy) is 2. The topological polar surface area (TPSA) is 109 Å². The smallest absolute Gasteiger partial charge is 0.278 e. The lowest BCUT2D eigenvalue weighted by Crippen LogP contribution is -2.34. The minimum Gasteiger partial charge on any atom is -0.444 e. The lowest BCUT2D eigenvalue weighted by Gasteiger charge is -2.33. The molecule has 1 saturated heterocycles. The summed E-state index contributed by atoms with van der Waals surface area (Å²) in [7, 11) is 1.80. The number of pyridine rings is 1. The number of hydrogen-bond donors (Lipinski definition) is 1. The molecule has 1 atom stereocenters. The summed E-state index contributed by atoms with van der Waals surface area (Å²) in [6, 6.07) is 12.5. The van der Waals surface area contributed by atoms with Gasteiger partial charge in [0.1, 0.15) is 5.82 Å². The number of fused-ring (bicyclic) bond motifs is 1. The first-order valence-corrected chi connectivity index (χ1v) is 14.7. The second-order valence-corrected chi connectivity index (χ2v) is 11.7. The van der Waals surface area contributed by atoms with Crippen LogP contribution in [0.1, 0.15) is 55.0 Å². The number of aromatic nitrogens is 5. The molecule has 2 aromatic heterocycles. The second kappa shape index (κ2) is 11.9. The van der Waals surface area contributed by atoms with Crippen LogP contribution in [-0.4, -0.2) is 68.0 Å². The zero-order chi connectivity index (χ0) is 30.1. The van der Waals surface area contributed by atoms with E-state index in [1.54, 1.807) is 44.1 Å². The van der Waals surface area contributed by atoms with Crippen LogP contribution >= 0.6 is 11.6 Å². The molecule has 1 N–H and O–H groups in total. The number of aromatic amines is 1. The van der Waals surface area contributed by atoms with Crippen molar-refractivity contribution >= 4 is 17.5 Å². The molecule has 1 amide bonds. The summed E-state index contributed by atoms with van der Waals surface area (Å²) in [5, 5.41) is 14.6. The highest BCUT2D eigenvalue weighted by Gasteiger charge is 2.43. The average molecular weight is 606 g/mol. The van der Waals surface area contributed by atoms with E-state index in [0.717, 1.165) is 48.3 Å². The van der Waals surface area contributed by atoms with Crippen molar-refractivity contribution < 1.29 is 18.7 Å². The maximum atomic E-state index is 14.8. The van der Waals surface area contributed by atoms with Gasteiger partial charge in [0.15, 0.2) is 11.5 Å². The summed E-state index contributed by atoms with van der Waals surface area (Å²) in [4.78, 5) is 20.7. The lowest BCUT2D eigenvalue weighted by molar-refractivity contribution is -0.127. The van der Waals surface area contributed by atoms with Gasteiger partial charge in [-0.2, -0.15) is 5.21 Å². The van der Waals surface area contributed by atoms with E-state index in [4.69, 9.17) is 26.1 Å². The van der Waals surface area contributed by atoms with Gasteiger partial charge in [-0.1, -0.05) is 23.7 Å². The van der Waals surface area contributed by atoms with E-state index >= 15 is 0 Å². The zero-order valence-corrected chi connectivity index (χ0v) is 25.1. The van der Waals surface area contributed by atoms with Crippen molar-refractivity contribution in [2.24, 2.45) is 0 Å². The molecule has 0 radical (unpaired) electrons. The van der Waals surface area contributed by atoms with Gasteiger partial charge in [0, 0.05) is 56.3 Å². The molecule has 2 aliphatic heterocycles. The SMILES string of the molecule is CC(=O)N(C)CCc1cc(-c2nn[nH]n2)cnc1CN1CCC(c2cccc3c2OC(C)(c2ccc(Cl)cc2F)O3)CC1. The second-order valence-electron chi connectivity index (χ2n) is 11.3. The van der Waals surface area contributed by atoms with Crippen LogP contribution in [0, 0.1) is 5.82 Å². The Kier molecular flexibility index (Phi) is 8.02. The van der Waals surface area contributed by atoms with Gasteiger partial charge >= 0.3 is 0 Å². The number of tetrazole rings is 1. The van der Waals surface area contributed by atoms with Crippen LogP contribution in [0.25, 0.3) is 11.4 Å². The molecule has 0 bridgehead atoms. The predicted molar refractivity (Wildman–Crippen MR) is 158 cm³/mol. The number of H-pyrrole nitrogens is 1. The molecule has 1 unspecified atom stereocenters. The third kappa shape index (κ3) is 6.05. The number of carbonyl (C=O) groups excluding carboxylic acids is 1. The van der Waals surface area contributed by atoms with E-state index in [2.05, 4.69) is 31.6 Å². The quantitative estimate of drug-likeness (QED) is 0.296. The van der Waals surface area contributed by atoms with Crippen LogP contribution in [0.4, 0.5) is 4.39 Å². The Balaban J connectivity index is 1.15. The predicted octanol–water partition coefficient (Wildman–Crippen LogP) is 5.10. The highest BCUT2D eigenvalue weighted by molar-refractivity contribution is 6.30. The van der Waals surface area contributed by atoms with E-state index in [9.17, 15) is 9.18 Å². The Morgan fingerprint density at radius 3 is 2.74 bits per heavy atom. The van der Waals surface area contributed by atoms with E-state index in [1.807, 2.05) is 18.2 Å². The van der Waals surface area contributed by atoms with Gasteiger partial charge in [0.2, 0.25) is 11.7 Å². The van der Waals surface area contributed by atoms with Crippen molar-refractivity contribution in [3.63, 3.8) is 0 Å². The van der Waals surface area contributed by atoms with Crippen LogP contribution in [0.3, 0.4) is 0 Å². The molecule has 224 valence electrons. The maximum Gasteiger partial charge on any atom is 0.278 e. The van der Waals surface area contributed by atoms with Gasteiger partial charge in [-0.25, -0.2) is 4.39 Å². The standard InChI is InChI=1S/C31H33ClFN7O3/c1-19(41)39(3)12-9-21-15-22(30-35-37-38-36-30)17-34-27(21)18-40-13-10-20(11-14-40)24-5-4-6-28-29(24)43-31(2,42-28)25-8-7-23(32)16-26(25)33/h4-8,15-17,20H,9-14,18H2,1-3H3,(H,35,36,37,38). The molecule has 1 fully saturated rings. The first-order chi connectivity index (χ1) is 20.7. The van der Waals surface area contributed by atoms with Crippen molar-refractivity contribution in [3.05, 3.63) is 81.9 Å². The highest BCUT2D eigenvalue weighted by atomic mass is 35.5. The van der Waals surface area contributed by atoms with Crippen LogP contribution in [0.5, 0.6) is 11.5 Å². The molecule has 0 spiro atoms. The summed E-state index contributed by atoms with van der Waals surface area (Å²) in [6.45, 7) is 6.32. The summed E-state index contributed by atoms with van der Waals surface area (Å²) >= 11 is 5.97. The van der Waals surface area contributed by atoms with Crippen LogP contribution in [0.15, 0.2) is 48.7 Å². The molecule has 4 heterocycles. The molecule has 6 rings (SSSR count). The monoisotopic (exact) mass is 605 g/mol. The van der Waals surface area contributed by atoms with Crippen molar-refractivity contribution in [3.8, 4) is 22.9 Å². The van der Waals surface area contributed by atoms with Gasteiger partial charge < -0.3 is 14.4 Å². The van der Waals surface area contributed by atoms with Gasteiger partial charge in [0.25, 0.3) is 5.79 Å². The number of amides is 1. The molecule has 43 heavy (non-hydrogen) atoms. The molecule has 12 heteroatoms. The molecular weight excluding hydrogens is 573 g/mol. The average Bonchev–Trinajstić information content (AvgIpc) is 3.65. The van der Waals surface area contributed by atoms with Gasteiger partial charge in [-0.15, -0.1) is 10.2 Å².